The molecule has 3 rings (SSSR count). The van der Waals surface area contributed by atoms with E-state index >= 15 is 0 Å². The molecule has 1 fully saturated rings. The van der Waals surface area contributed by atoms with Crippen LogP contribution in [0, 0.1) is 11.6 Å². The molecule has 2 aromatic carbocycles. The van der Waals surface area contributed by atoms with Crippen molar-refractivity contribution in [2.45, 2.75) is 6.42 Å². The topological polar surface area (TPSA) is 79.0 Å². The summed E-state index contributed by atoms with van der Waals surface area (Å²) >= 11 is 0. The first-order chi connectivity index (χ1) is 14.4. The van der Waals surface area contributed by atoms with E-state index in [1.54, 1.807) is 24.3 Å². The van der Waals surface area contributed by atoms with Gasteiger partial charge in [-0.3, -0.25) is 9.59 Å². The highest BCUT2D eigenvalue weighted by Gasteiger charge is 2.27. The lowest BCUT2D eigenvalue weighted by Gasteiger charge is -2.34. The quantitative estimate of drug-likeness (QED) is 0.830. The zero-order chi connectivity index (χ0) is 21.7. The molecule has 0 saturated carbocycles. The summed E-state index contributed by atoms with van der Waals surface area (Å²) in [6.07, 6.45) is -0.491. The monoisotopic (exact) mass is 417 g/mol. The molecule has 1 aliphatic heterocycles. The van der Waals surface area contributed by atoms with Crippen molar-refractivity contribution in [3.8, 4) is 0 Å². The van der Waals surface area contributed by atoms with Gasteiger partial charge in [0.25, 0.3) is 5.91 Å². The van der Waals surface area contributed by atoms with Gasteiger partial charge < -0.3 is 19.9 Å². The summed E-state index contributed by atoms with van der Waals surface area (Å²) in [5.41, 5.74) is 0.115. The number of ether oxygens (including phenoxy) is 1. The third-order valence-corrected chi connectivity index (χ3v) is 4.77. The van der Waals surface area contributed by atoms with Crippen molar-refractivity contribution < 1.29 is 27.9 Å². The van der Waals surface area contributed by atoms with Crippen LogP contribution in [0.15, 0.2) is 42.5 Å². The summed E-state index contributed by atoms with van der Waals surface area (Å²) in [7, 11) is 1.27. The van der Waals surface area contributed by atoms with Gasteiger partial charge >= 0.3 is 6.09 Å². The molecule has 2 aromatic rings. The molecule has 0 radical (unpaired) electrons. The van der Waals surface area contributed by atoms with Crippen LogP contribution in [0.1, 0.15) is 15.9 Å². The normalized spacial score (nSPS) is 13.7. The number of carbonyl (C=O) groups excluding carboxylic acids is 3. The fraction of sp³-hybridized carbons (Fsp3) is 0.286. The second-order valence-corrected chi connectivity index (χ2v) is 6.77. The van der Waals surface area contributed by atoms with Crippen LogP contribution in [0.25, 0.3) is 0 Å². The van der Waals surface area contributed by atoms with E-state index in [0.29, 0.717) is 6.07 Å². The average molecular weight is 417 g/mol. The lowest BCUT2D eigenvalue weighted by atomic mass is 10.1. The fourth-order valence-electron chi connectivity index (χ4n) is 3.18. The Labute approximate surface area is 172 Å². The summed E-state index contributed by atoms with van der Waals surface area (Å²) in [6.45, 7) is 0.838. The van der Waals surface area contributed by atoms with Crippen molar-refractivity contribution in [3.63, 3.8) is 0 Å². The highest BCUT2D eigenvalue weighted by molar-refractivity contribution is 5.98. The van der Waals surface area contributed by atoms with E-state index in [0.717, 1.165) is 11.6 Å². The first-order valence-electron chi connectivity index (χ1n) is 9.34. The summed E-state index contributed by atoms with van der Waals surface area (Å²) in [5, 5.41) is 2.39. The predicted octanol–water partition coefficient (Wildman–Crippen LogP) is 2.67. The second-order valence-electron chi connectivity index (χ2n) is 6.77. The van der Waals surface area contributed by atoms with Crippen LogP contribution in [-0.2, 0) is 16.0 Å². The Morgan fingerprint density at radius 2 is 1.60 bits per heavy atom. The number of anilines is 1. The Hall–Kier alpha value is -3.49. The molecule has 0 bridgehead atoms. The number of rotatable bonds is 4. The number of hydrogen-bond donors (Lipinski definition) is 1. The van der Waals surface area contributed by atoms with Gasteiger partial charge in [0.1, 0.15) is 11.6 Å². The number of amides is 3. The number of piperazine rings is 1. The van der Waals surface area contributed by atoms with E-state index in [2.05, 4.69) is 10.1 Å². The second kappa shape index (κ2) is 9.34. The SMILES string of the molecule is COC(=O)N1CCN(C(=O)c2cc(NC(=O)Cc3ccccc3)c(F)cc2F)CC1. The van der Waals surface area contributed by atoms with Crippen molar-refractivity contribution in [1.29, 1.82) is 0 Å². The molecule has 1 heterocycles. The molecule has 0 aliphatic carbocycles. The Bertz CT molecular complexity index is 945. The van der Waals surface area contributed by atoms with Crippen LogP contribution < -0.4 is 5.32 Å². The number of hydrogen-bond acceptors (Lipinski definition) is 4. The van der Waals surface area contributed by atoms with Gasteiger partial charge in [-0.25, -0.2) is 13.6 Å². The molecular weight excluding hydrogens is 396 g/mol. The molecule has 1 aliphatic rings. The lowest BCUT2D eigenvalue weighted by Crippen LogP contribution is -2.50. The number of halogens is 2. The Balaban J connectivity index is 1.71. The van der Waals surface area contributed by atoms with Crippen LogP contribution in [-0.4, -0.2) is 61.0 Å². The molecule has 0 aromatic heterocycles. The molecule has 158 valence electrons. The number of nitrogens with one attached hydrogen (secondary N) is 1. The summed E-state index contributed by atoms with van der Waals surface area (Å²) in [4.78, 5) is 39.3. The molecule has 0 spiro atoms. The van der Waals surface area contributed by atoms with Gasteiger partial charge in [0.15, 0.2) is 0 Å². The third kappa shape index (κ3) is 4.91. The molecule has 1 N–H and O–H groups in total. The number of carbonyl (C=O) groups is 3. The average Bonchev–Trinajstić information content (AvgIpc) is 2.75. The van der Waals surface area contributed by atoms with E-state index in [1.165, 1.54) is 16.9 Å². The maximum atomic E-state index is 14.3. The largest absolute Gasteiger partial charge is 0.453 e. The van der Waals surface area contributed by atoms with Crippen molar-refractivity contribution in [2.24, 2.45) is 0 Å². The number of nitrogens with zero attached hydrogens (tertiary/aromatic N) is 2. The van der Waals surface area contributed by atoms with Crippen LogP contribution in [0.4, 0.5) is 19.3 Å². The van der Waals surface area contributed by atoms with Gasteiger partial charge in [0, 0.05) is 32.2 Å². The zero-order valence-electron chi connectivity index (χ0n) is 16.4. The summed E-state index contributed by atoms with van der Waals surface area (Å²) < 4.78 is 33.1. The molecule has 30 heavy (non-hydrogen) atoms. The van der Waals surface area contributed by atoms with Crippen LogP contribution in [0.3, 0.4) is 0 Å². The lowest BCUT2D eigenvalue weighted by molar-refractivity contribution is -0.115. The van der Waals surface area contributed by atoms with E-state index in [-0.39, 0.29) is 43.9 Å². The van der Waals surface area contributed by atoms with Crippen molar-refractivity contribution in [1.82, 2.24) is 9.80 Å². The first kappa shape index (κ1) is 21.2. The van der Waals surface area contributed by atoms with E-state index in [9.17, 15) is 23.2 Å². The molecule has 0 atom stereocenters. The minimum atomic E-state index is -1.02. The summed E-state index contributed by atoms with van der Waals surface area (Å²) in [5.74, 6) is -3.12. The number of benzene rings is 2. The van der Waals surface area contributed by atoms with E-state index in [1.807, 2.05) is 6.07 Å². The summed E-state index contributed by atoms with van der Waals surface area (Å²) in [6, 6.07) is 10.4. The molecule has 3 amide bonds. The van der Waals surface area contributed by atoms with Crippen LogP contribution in [0.5, 0.6) is 0 Å². The first-order valence-corrected chi connectivity index (χ1v) is 9.34. The van der Waals surface area contributed by atoms with Crippen molar-refractivity contribution in [3.05, 3.63) is 65.2 Å². The minimum Gasteiger partial charge on any atom is -0.453 e. The van der Waals surface area contributed by atoms with E-state index < -0.39 is 29.5 Å². The minimum absolute atomic E-state index is 0.0103. The smallest absolute Gasteiger partial charge is 0.409 e. The maximum Gasteiger partial charge on any atom is 0.409 e. The van der Waals surface area contributed by atoms with E-state index in [4.69, 9.17) is 0 Å². The van der Waals surface area contributed by atoms with Crippen LogP contribution >= 0.6 is 0 Å². The van der Waals surface area contributed by atoms with Gasteiger partial charge in [-0.15, -0.1) is 0 Å². The van der Waals surface area contributed by atoms with Gasteiger partial charge in [-0.05, 0) is 11.6 Å². The highest BCUT2D eigenvalue weighted by atomic mass is 19.1. The molecule has 7 nitrogen and oxygen atoms in total. The zero-order valence-corrected chi connectivity index (χ0v) is 16.4. The Kier molecular flexibility index (Phi) is 6.61. The molecular formula is C21H21F2N3O4. The van der Waals surface area contributed by atoms with Crippen LogP contribution in [0.2, 0.25) is 0 Å². The highest BCUT2D eigenvalue weighted by Crippen LogP contribution is 2.22. The van der Waals surface area contributed by atoms with Gasteiger partial charge in [0.05, 0.1) is 24.8 Å². The molecule has 9 heteroatoms. The standard InChI is InChI=1S/C21H21F2N3O4/c1-30-21(29)26-9-7-25(8-10-26)20(28)15-12-18(17(23)13-16(15)22)24-19(27)11-14-5-3-2-4-6-14/h2-6,12-13H,7-11H2,1H3,(H,24,27). The fourth-order valence-corrected chi connectivity index (χ4v) is 3.18. The Morgan fingerprint density at radius 3 is 2.23 bits per heavy atom. The van der Waals surface area contributed by atoms with Gasteiger partial charge in [-0.2, -0.15) is 0 Å². The molecule has 0 unspecified atom stereocenters. The molecule has 1 saturated heterocycles. The third-order valence-electron chi connectivity index (χ3n) is 4.77. The maximum absolute atomic E-state index is 14.3. The van der Waals surface area contributed by atoms with Gasteiger partial charge in [-0.1, -0.05) is 30.3 Å². The van der Waals surface area contributed by atoms with Crippen molar-refractivity contribution >= 4 is 23.6 Å². The Morgan fingerprint density at radius 1 is 0.967 bits per heavy atom. The predicted molar refractivity (Wildman–Crippen MR) is 105 cm³/mol. The number of methoxy groups -OCH3 is 1. The van der Waals surface area contributed by atoms with Gasteiger partial charge in [0.2, 0.25) is 5.91 Å². The van der Waals surface area contributed by atoms with Crippen molar-refractivity contribution in [2.75, 3.05) is 38.6 Å².